The Morgan fingerprint density at radius 3 is 0.971 bits per heavy atom. The van der Waals surface area contributed by atoms with Crippen LogP contribution in [0.2, 0.25) is 0 Å². The number of hydrogen-bond donors (Lipinski definition) is 3. The third kappa shape index (κ3) is 55.9. The van der Waals surface area contributed by atoms with Gasteiger partial charge >= 0.3 is 5.97 Å². The molecular weight excluding hydrogens is 863 g/mol. The first-order valence-electron chi connectivity index (χ1n) is 32.0. The predicted octanol–water partition coefficient (Wildman–Crippen LogP) is 20.0. The maximum absolute atomic E-state index is 12.5. The zero-order valence-electron chi connectivity index (χ0n) is 47.5. The van der Waals surface area contributed by atoms with Crippen molar-refractivity contribution in [2.24, 2.45) is 0 Å². The first kappa shape index (κ1) is 68.6. The molecule has 0 rings (SSSR count). The number of esters is 1. The minimum Gasteiger partial charge on any atom is -0.466 e. The van der Waals surface area contributed by atoms with Gasteiger partial charge in [-0.1, -0.05) is 328 Å². The molecule has 0 radical (unpaired) electrons. The number of aliphatic hydroxyl groups is 2. The Morgan fingerprint density at radius 2 is 0.657 bits per heavy atom. The molecule has 0 aliphatic carbocycles. The van der Waals surface area contributed by atoms with Crippen LogP contribution in [0.15, 0.2) is 12.2 Å². The highest BCUT2D eigenvalue weighted by Crippen LogP contribution is 2.18. The molecule has 0 aromatic rings. The zero-order valence-corrected chi connectivity index (χ0v) is 47.5. The second-order valence-electron chi connectivity index (χ2n) is 22.1. The van der Waals surface area contributed by atoms with E-state index in [0.717, 1.165) is 38.5 Å². The molecule has 0 heterocycles. The largest absolute Gasteiger partial charge is 0.466 e. The molecule has 0 aliphatic rings. The zero-order chi connectivity index (χ0) is 50.7. The number of allylic oxidation sites excluding steroid dienone is 1. The minimum absolute atomic E-state index is 0.00900. The van der Waals surface area contributed by atoms with Crippen LogP contribution in [0.25, 0.3) is 0 Å². The molecule has 0 saturated heterocycles. The van der Waals surface area contributed by atoms with Gasteiger partial charge in [0.2, 0.25) is 5.91 Å². The van der Waals surface area contributed by atoms with E-state index in [1.165, 1.54) is 295 Å². The number of nitrogens with one attached hydrogen (secondary N) is 1. The van der Waals surface area contributed by atoms with Gasteiger partial charge in [0.15, 0.2) is 0 Å². The maximum Gasteiger partial charge on any atom is 0.305 e. The summed E-state index contributed by atoms with van der Waals surface area (Å²) in [6, 6.07) is -0.631. The molecule has 0 aliphatic heterocycles. The van der Waals surface area contributed by atoms with Crippen LogP contribution >= 0.6 is 0 Å². The average molecular weight is 989 g/mol. The lowest BCUT2D eigenvalue weighted by Gasteiger charge is -2.20. The molecule has 416 valence electrons. The Morgan fingerprint density at radius 1 is 0.386 bits per heavy atom. The van der Waals surface area contributed by atoms with Crippen molar-refractivity contribution >= 4 is 11.9 Å². The molecular formula is C64H125NO5. The average Bonchev–Trinajstić information content (AvgIpc) is 3.36. The van der Waals surface area contributed by atoms with E-state index in [1.807, 2.05) is 6.08 Å². The molecule has 2 atom stereocenters. The summed E-state index contributed by atoms with van der Waals surface area (Å²) in [7, 11) is 0. The number of hydrogen-bond acceptors (Lipinski definition) is 5. The summed E-state index contributed by atoms with van der Waals surface area (Å²) >= 11 is 0. The molecule has 0 fully saturated rings. The topological polar surface area (TPSA) is 95.9 Å². The van der Waals surface area contributed by atoms with Gasteiger partial charge in [-0.3, -0.25) is 9.59 Å². The molecule has 0 spiro atoms. The van der Waals surface area contributed by atoms with Gasteiger partial charge < -0.3 is 20.3 Å². The number of ether oxygens (including phenoxy) is 1. The number of aliphatic hydroxyl groups excluding tert-OH is 2. The first-order chi connectivity index (χ1) is 34.5. The first-order valence-corrected chi connectivity index (χ1v) is 32.0. The lowest BCUT2D eigenvalue weighted by Crippen LogP contribution is -2.45. The van der Waals surface area contributed by atoms with Crippen LogP contribution in [0.5, 0.6) is 0 Å². The van der Waals surface area contributed by atoms with E-state index in [2.05, 4.69) is 19.2 Å². The standard InChI is InChI=1S/C64H125NO5/c1-3-5-7-9-11-13-15-17-18-19-20-21-22-23-26-29-33-36-40-44-48-52-56-62(67)61(60-66)65-63(68)57-53-49-45-41-37-34-30-27-24-25-28-31-35-39-43-47-51-55-59-70-64(69)58-54-50-46-42-38-32-16-14-12-10-8-6-4-2/h52,56,61-62,66-67H,3-51,53-55,57-60H2,1-2H3,(H,65,68)/b56-52+. The minimum atomic E-state index is -0.847. The van der Waals surface area contributed by atoms with Gasteiger partial charge in [0, 0.05) is 12.8 Å². The lowest BCUT2D eigenvalue weighted by molar-refractivity contribution is -0.143. The quantitative estimate of drug-likeness (QED) is 0.0321. The van der Waals surface area contributed by atoms with Gasteiger partial charge in [0.25, 0.3) is 0 Å². The monoisotopic (exact) mass is 988 g/mol. The van der Waals surface area contributed by atoms with Crippen LogP contribution < -0.4 is 5.32 Å². The number of carbonyl (C=O) groups is 2. The third-order valence-corrected chi connectivity index (χ3v) is 15.1. The van der Waals surface area contributed by atoms with Gasteiger partial charge in [-0.2, -0.15) is 0 Å². The summed E-state index contributed by atoms with van der Waals surface area (Å²) in [5.41, 5.74) is 0. The Labute approximate surface area is 438 Å². The predicted molar refractivity (Wildman–Crippen MR) is 306 cm³/mol. The van der Waals surface area contributed by atoms with E-state index in [9.17, 15) is 19.8 Å². The van der Waals surface area contributed by atoms with E-state index in [0.29, 0.717) is 19.4 Å². The van der Waals surface area contributed by atoms with Crippen molar-refractivity contribution < 1.29 is 24.5 Å². The van der Waals surface area contributed by atoms with E-state index < -0.39 is 12.1 Å². The van der Waals surface area contributed by atoms with Crippen molar-refractivity contribution in [2.45, 2.75) is 373 Å². The van der Waals surface area contributed by atoms with E-state index >= 15 is 0 Å². The van der Waals surface area contributed by atoms with Gasteiger partial charge in [0.1, 0.15) is 0 Å². The lowest BCUT2D eigenvalue weighted by atomic mass is 10.0. The second-order valence-corrected chi connectivity index (χ2v) is 22.1. The summed E-state index contributed by atoms with van der Waals surface area (Å²) in [6.07, 6.45) is 72.5. The van der Waals surface area contributed by atoms with Crippen LogP contribution in [0.3, 0.4) is 0 Å². The summed E-state index contributed by atoms with van der Waals surface area (Å²) in [6.45, 7) is 4.93. The van der Waals surface area contributed by atoms with Gasteiger partial charge in [-0.15, -0.1) is 0 Å². The molecule has 0 aromatic heterocycles. The fraction of sp³-hybridized carbons (Fsp3) is 0.938. The molecule has 0 saturated carbocycles. The Hall–Kier alpha value is -1.40. The normalized spacial score (nSPS) is 12.6. The van der Waals surface area contributed by atoms with Crippen molar-refractivity contribution in [3.8, 4) is 0 Å². The van der Waals surface area contributed by atoms with Gasteiger partial charge in [-0.05, 0) is 32.1 Å². The molecule has 1 amide bonds. The molecule has 70 heavy (non-hydrogen) atoms. The fourth-order valence-electron chi connectivity index (χ4n) is 10.2. The van der Waals surface area contributed by atoms with Crippen molar-refractivity contribution in [3.63, 3.8) is 0 Å². The van der Waals surface area contributed by atoms with Crippen molar-refractivity contribution in [1.29, 1.82) is 0 Å². The molecule has 6 nitrogen and oxygen atoms in total. The Kier molecular flexibility index (Phi) is 59.0. The molecule has 2 unspecified atom stereocenters. The van der Waals surface area contributed by atoms with Crippen LogP contribution in [-0.4, -0.2) is 47.4 Å². The molecule has 0 bridgehead atoms. The van der Waals surface area contributed by atoms with Crippen LogP contribution in [-0.2, 0) is 14.3 Å². The molecule has 0 aromatic carbocycles. The van der Waals surface area contributed by atoms with Gasteiger partial charge in [-0.25, -0.2) is 0 Å². The van der Waals surface area contributed by atoms with Crippen molar-refractivity contribution in [2.75, 3.05) is 13.2 Å². The second kappa shape index (κ2) is 60.2. The Balaban J connectivity index is 3.43. The number of amides is 1. The van der Waals surface area contributed by atoms with Crippen molar-refractivity contribution in [1.82, 2.24) is 5.32 Å². The number of carbonyl (C=O) groups excluding carboxylic acids is 2. The van der Waals surface area contributed by atoms with E-state index in [4.69, 9.17) is 4.74 Å². The maximum atomic E-state index is 12.5. The summed E-state index contributed by atoms with van der Waals surface area (Å²) in [5, 5.41) is 23.2. The highest BCUT2D eigenvalue weighted by Gasteiger charge is 2.18. The number of unbranched alkanes of at least 4 members (excludes halogenated alkanes) is 49. The fourth-order valence-corrected chi connectivity index (χ4v) is 10.2. The van der Waals surface area contributed by atoms with E-state index in [1.54, 1.807) is 6.08 Å². The number of rotatable bonds is 60. The highest BCUT2D eigenvalue weighted by atomic mass is 16.5. The van der Waals surface area contributed by atoms with Crippen LogP contribution in [0.4, 0.5) is 0 Å². The molecule has 3 N–H and O–H groups in total. The van der Waals surface area contributed by atoms with Gasteiger partial charge in [0.05, 0.1) is 25.4 Å². The highest BCUT2D eigenvalue weighted by molar-refractivity contribution is 5.76. The third-order valence-electron chi connectivity index (χ3n) is 15.1. The van der Waals surface area contributed by atoms with E-state index in [-0.39, 0.29) is 18.5 Å². The summed E-state index contributed by atoms with van der Waals surface area (Å²) in [5.74, 6) is -0.0588. The summed E-state index contributed by atoms with van der Waals surface area (Å²) < 4.78 is 5.48. The van der Waals surface area contributed by atoms with Crippen LogP contribution in [0.1, 0.15) is 361 Å². The molecule has 6 heteroatoms. The SMILES string of the molecule is CCCCCCCCCCCCCCCCCCCCCC/C=C/C(O)C(CO)NC(=O)CCCCCCCCCCCCCCCCCCCCOC(=O)CCCCCCCCCCCCCCC. The van der Waals surface area contributed by atoms with Crippen LogP contribution in [0, 0.1) is 0 Å². The smallest absolute Gasteiger partial charge is 0.305 e. The summed E-state index contributed by atoms with van der Waals surface area (Å²) in [4.78, 5) is 24.5. The Bertz CT molecular complexity index is 1050. The van der Waals surface area contributed by atoms with Crippen molar-refractivity contribution in [3.05, 3.63) is 12.2 Å².